The first-order valence-electron chi connectivity index (χ1n) is 45.0. The van der Waals surface area contributed by atoms with Crippen molar-refractivity contribution in [1.82, 2.24) is 29.1 Å². The molecule has 134 heavy (non-hydrogen) atoms. The number of aliphatic hydroxyl groups excluding tert-OH is 1. The van der Waals surface area contributed by atoms with Crippen LogP contribution in [0.5, 0.6) is 0 Å². The number of amides is 5. The maximum absolute atomic E-state index is 14.0. The molecule has 5 saturated heterocycles. The second kappa shape index (κ2) is 38.1. The SMILES string of the molecule is CC(C)(C)NS(=O)(=O)c1cc(Br)cc(NC(=O)c2ccc(N3C(=O)OCC3(C)C)nc2N2CCC3(CC2)CC3)c1.CC(C)(C)NS(=O)(=O)c1cc(NC(=O)c2ccc(N3C(=O)OCC3(C)C)nc2N2CCC3(CC2)CC3)cc(-c2ccco2)c1.CC(C)(C)NS(=O)(=O)c1cc(NC(=O)c2ccc(NC(C)(C)CO)nc2N2CCC3(CC2)CC3)cc(-c2ccco2)c1.OB(O)c1ccco1. The van der Waals surface area contributed by atoms with E-state index in [4.69, 9.17) is 43.3 Å². The Bertz CT molecular complexity index is 6200. The molecule has 9 aromatic rings. The minimum atomic E-state index is -3.93. The van der Waals surface area contributed by atoms with E-state index in [1.54, 1.807) is 147 Å². The summed E-state index contributed by atoms with van der Waals surface area (Å²) >= 11 is 3.37. The molecular formula is C95H121BBrN15O19S3. The predicted octanol–water partition coefficient (Wildman–Crippen LogP) is 15.3. The lowest BCUT2D eigenvalue weighted by Gasteiger charge is -2.35. The van der Waals surface area contributed by atoms with Gasteiger partial charge in [0, 0.05) is 88.5 Å². The minimum Gasteiger partial charge on any atom is -0.473 e. The van der Waals surface area contributed by atoms with Crippen LogP contribution in [0.3, 0.4) is 0 Å². The van der Waals surface area contributed by atoms with Gasteiger partial charge in [-0.2, -0.15) is 0 Å². The second-order valence-corrected chi connectivity index (χ2v) is 47.1. The van der Waals surface area contributed by atoms with Crippen LogP contribution in [0.4, 0.5) is 61.6 Å². The van der Waals surface area contributed by atoms with Crippen LogP contribution in [-0.4, -0.2) is 185 Å². The van der Waals surface area contributed by atoms with Gasteiger partial charge in [0.25, 0.3) is 17.7 Å². The Hall–Kier alpha value is -10.7. The molecule has 8 fully saturated rings. The van der Waals surface area contributed by atoms with E-state index in [1.165, 1.54) is 110 Å². The number of anilines is 9. The molecule has 3 aromatic carbocycles. The number of piperidine rings is 3. The maximum atomic E-state index is 14.0. The van der Waals surface area contributed by atoms with Gasteiger partial charge in [0.1, 0.15) is 65.3 Å². The molecule has 34 nitrogen and oxygen atoms in total. The van der Waals surface area contributed by atoms with Gasteiger partial charge in [-0.3, -0.25) is 24.2 Å². The molecule has 3 saturated carbocycles. The number of ether oxygens (including phenoxy) is 2. The minimum absolute atomic E-state index is 0.00846. The molecule has 0 atom stereocenters. The number of sulfonamides is 3. The average Bonchev–Trinajstić information content (AvgIpc) is 1.33. The molecular weight excluding hydrogens is 1840 g/mol. The number of aliphatic hydroxyl groups is 1. The Labute approximate surface area is 791 Å². The number of aromatic nitrogens is 3. The number of nitrogens with zero attached hydrogens (tertiary/aromatic N) is 8. The Morgan fingerprint density at radius 3 is 1.07 bits per heavy atom. The van der Waals surface area contributed by atoms with E-state index in [2.05, 4.69) is 70.5 Å². The summed E-state index contributed by atoms with van der Waals surface area (Å²) in [7, 11) is -13.1. The molecule has 11 heterocycles. The number of carbonyl (C=O) groups is 5. The van der Waals surface area contributed by atoms with Crippen LogP contribution >= 0.6 is 15.9 Å². The Morgan fingerprint density at radius 1 is 0.440 bits per heavy atom. The van der Waals surface area contributed by atoms with E-state index in [0.29, 0.717) is 106 Å². The highest BCUT2D eigenvalue weighted by Gasteiger charge is 2.50. The van der Waals surface area contributed by atoms with Crippen LogP contribution in [0, 0.1) is 16.2 Å². The first-order valence-corrected chi connectivity index (χ1v) is 50.2. The maximum Gasteiger partial charge on any atom is 0.526 e. The van der Waals surface area contributed by atoms with Crippen LogP contribution in [0.25, 0.3) is 22.6 Å². The average molecular weight is 1960 g/mol. The predicted molar refractivity (Wildman–Crippen MR) is 518 cm³/mol. The van der Waals surface area contributed by atoms with Gasteiger partial charge in [-0.25, -0.2) is 64.0 Å². The van der Waals surface area contributed by atoms with E-state index in [1.807, 2.05) is 41.5 Å². The lowest BCUT2D eigenvalue weighted by atomic mass is 9.88. The highest BCUT2D eigenvalue weighted by molar-refractivity contribution is 9.10. The summed E-state index contributed by atoms with van der Waals surface area (Å²) in [6.07, 6.45) is 17.1. The van der Waals surface area contributed by atoms with E-state index < -0.39 is 100 Å². The zero-order valence-electron chi connectivity index (χ0n) is 78.3. The fraction of sp³-hybridized carbons (Fsp3) is 0.474. The number of pyridine rings is 3. The molecule has 3 aliphatic carbocycles. The zero-order chi connectivity index (χ0) is 96.9. The van der Waals surface area contributed by atoms with Crippen molar-refractivity contribution in [2.24, 2.45) is 16.2 Å². The number of cyclic esters (lactones) is 2. The monoisotopic (exact) mass is 1960 g/mol. The number of hydrogen-bond acceptors (Lipinski definition) is 26. The van der Waals surface area contributed by atoms with Crippen LogP contribution in [0.15, 0.2) is 179 Å². The van der Waals surface area contributed by atoms with E-state index in [0.717, 1.165) is 77.8 Å². The van der Waals surface area contributed by atoms with E-state index in [-0.39, 0.29) is 45.9 Å². The van der Waals surface area contributed by atoms with Gasteiger partial charge < -0.3 is 73.8 Å². The largest absolute Gasteiger partial charge is 0.526 e. The topological polar surface area (TPSA) is 445 Å². The summed E-state index contributed by atoms with van der Waals surface area (Å²) < 4.78 is 114. The van der Waals surface area contributed by atoms with Gasteiger partial charge >= 0.3 is 19.3 Å². The van der Waals surface area contributed by atoms with E-state index in [9.17, 15) is 54.3 Å². The Morgan fingerprint density at radius 2 is 0.776 bits per heavy atom. The van der Waals surface area contributed by atoms with Gasteiger partial charge in [-0.15, -0.1) is 0 Å². The zero-order valence-corrected chi connectivity index (χ0v) is 82.4. The fourth-order valence-electron chi connectivity index (χ4n) is 17.0. The highest BCUT2D eigenvalue weighted by Crippen LogP contribution is 2.56. The van der Waals surface area contributed by atoms with Crippen molar-refractivity contribution in [2.75, 3.05) is 105 Å². The Kier molecular flexibility index (Phi) is 28.2. The summed E-state index contributed by atoms with van der Waals surface area (Å²) in [5.74, 6) is 2.61. The molecule has 10 N–H and O–H groups in total. The van der Waals surface area contributed by atoms with Crippen molar-refractivity contribution in [3.05, 3.63) is 167 Å². The number of hydrogen-bond donors (Lipinski definition) is 10. The van der Waals surface area contributed by atoms with Crippen molar-refractivity contribution in [2.45, 2.75) is 229 Å². The molecule has 17 rings (SSSR count). The summed E-state index contributed by atoms with van der Waals surface area (Å²) in [5, 5.41) is 38.5. The van der Waals surface area contributed by atoms with E-state index >= 15 is 0 Å². The van der Waals surface area contributed by atoms with Crippen LogP contribution in [-0.2, 0) is 39.5 Å². The van der Waals surface area contributed by atoms with Crippen molar-refractivity contribution in [1.29, 1.82) is 0 Å². The van der Waals surface area contributed by atoms with Crippen LogP contribution < -0.4 is 65.6 Å². The molecule has 0 radical (unpaired) electrons. The number of halogens is 1. The van der Waals surface area contributed by atoms with Crippen LogP contribution in [0.2, 0.25) is 0 Å². The van der Waals surface area contributed by atoms with Crippen molar-refractivity contribution in [3.63, 3.8) is 0 Å². The quantitative estimate of drug-likeness (QED) is 0.0266. The molecule has 39 heteroatoms. The summed E-state index contributed by atoms with van der Waals surface area (Å²) in [5.41, 5.74) is 0.593. The third-order valence-corrected chi connectivity index (χ3v) is 30.4. The van der Waals surface area contributed by atoms with Gasteiger partial charge in [0.15, 0.2) is 0 Å². The number of furan rings is 3. The standard InChI is InChI=1S/C32H39N5O6S.C31H41N5O5S.C28H36BrN5O5S.C4H5BO3/c1-30(2,3)35-44(40,41)23-18-21(25-7-6-16-42-25)17-22(19-23)33-28(38)24-8-9-26(37-29(39)43-20-31(37,4)5)34-27(24)36-14-12-32(10-11-32)13-15-36;1-29(2,3)35-42(39,40)23-18-21(25-7-6-16-41-25)17-22(19-23)32-28(38)24-8-9-26(34-30(4,5)20-37)33-27(24)36-14-12-31(10-11-31)13-15-36;1-26(2,3)32-40(37,38)20-15-18(29)14-19(16-20)30-24(35)21-6-7-22(34-25(36)39-17-27(34,4)5)31-23(21)33-12-10-28(8-9-28)11-13-33;6-5(7)4-2-1-3-8-4/h6-9,16-19,35H,10-15,20H2,1-5H3,(H,33,38);6-9,16-19,35,37H,10-15,20H2,1-5H3,(H,32,38)(H,33,34);6-7,14-16,32H,8-13,17H2,1-5H3,(H,30,35);1-3,6-7H. The first kappa shape index (κ1) is 99.2. The summed E-state index contributed by atoms with van der Waals surface area (Å²) in [4.78, 5) is 90.7. The Balaban J connectivity index is 0.000000154. The third kappa shape index (κ3) is 24.4. The number of benzene rings is 3. The van der Waals surface area contributed by atoms with Crippen LogP contribution in [0.1, 0.15) is 212 Å². The molecule has 0 bridgehead atoms. The second-order valence-electron chi connectivity index (χ2n) is 41.1. The summed E-state index contributed by atoms with van der Waals surface area (Å²) in [6.45, 7) is 32.3. The van der Waals surface area contributed by atoms with Crippen molar-refractivity contribution >= 4 is 141 Å². The molecule has 5 aliphatic heterocycles. The summed E-state index contributed by atoms with van der Waals surface area (Å²) in [6, 6.07) is 33.9. The van der Waals surface area contributed by atoms with Crippen molar-refractivity contribution < 1.29 is 87.1 Å². The highest BCUT2D eigenvalue weighted by atomic mass is 79.9. The number of nitrogens with one attached hydrogen (secondary N) is 7. The molecule has 6 aromatic heterocycles. The van der Waals surface area contributed by atoms with Gasteiger partial charge in [0.05, 0.1) is 73.4 Å². The fourth-order valence-corrected chi connectivity index (χ4v) is 22.1. The number of rotatable bonds is 23. The normalized spacial score (nSPS) is 18.1. The first-order chi connectivity index (χ1) is 62.7. The molecule has 8 aliphatic rings. The molecule has 5 amide bonds. The van der Waals surface area contributed by atoms with Gasteiger partial charge in [0.2, 0.25) is 30.1 Å². The van der Waals surface area contributed by atoms with Crippen molar-refractivity contribution in [3.8, 4) is 22.6 Å². The molecule has 3 spiro atoms. The number of carbonyl (C=O) groups excluding carboxylic acids is 5. The third-order valence-electron chi connectivity index (χ3n) is 24.7. The van der Waals surface area contributed by atoms with Gasteiger partial charge in [-0.05, 0) is 325 Å². The lowest BCUT2D eigenvalue weighted by molar-refractivity contribution is 0.101. The lowest BCUT2D eigenvalue weighted by Crippen LogP contribution is -2.43. The molecule has 0 unspecified atom stereocenters. The molecule has 718 valence electrons. The smallest absolute Gasteiger partial charge is 0.473 e. The van der Waals surface area contributed by atoms with Gasteiger partial charge in [-0.1, -0.05) is 15.9 Å².